The number of aromatic nitrogens is 4. The number of hydrogen-bond donors (Lipinski definition) is 3. The zero-order valence-corrected chi connectivity index (χ0v) is 16.9. The monoisotopic (exact) mass is 441 g/mol. The second-order valence-corrected chi connectivity index (χ2v) is 7.87. The zero-order chi connectivity index (χ0) is 21.5. The van der Waals surface area contributed by atoms with Crippen molar-refractivity contribution in [2.24, 2.45) is 0 Å². The van der Waals surface area contributed by atoms with Gasteiger partial charge in [0.15, 0.2) is 5.65 Å². The summed E-state index contributed by atoms with van der Waals surface area (Å²) in [4.78, 5) is 32.4. The molecule has 2 amide bonds. The first-order valence-electron chi connectivity index (χ1n) is 9.71. The largest absolute Gasteiger partial charge is 0.351 e. The molecule has 2 aliphatic rings. The summed E-state index contributed by atoms with van der Waals surface area (Å²) < 4.78 is 15.7. The van der Waals surface area contributed by atoms with Gasteiger partial charge in [-0.3, -0.25) is 14.9 Å². The number of benzene rings is 1. The van der Waals surface area contributed by atoms with Crippen molar-refractivity contribution in [2.45, 2.75) is 31.8 Å². The van der Waals surface area contributed by atoms with Crippen molar-refractivity contribution >= 4 is 47.0 Å². The van der Waals surface area contributed by atoms with Gasteiger partial charge in [0.1, 0.15) is 5.82 Å². The quantitative estimate of drug-likeness (QED) is 0.398. The molecular weight excluding hydrogens is 425 g/mol. The molecule has 0 bridgehead atoms. The molecule has 0 atom stereocenters. The number of nitrogens with zero attached hydrogens (tertiary/aromatic N) is 4. The van der Waals surface area contributed by atoms with Gasteiger partial charge in [0.25, 0.3) is 5.91 Å². The van der Waals surface area contributed by atoms with E-state index in [-0.39, 0.29) is 24.8 Å². The fourth-order valence-electron chi connectivity index (χ4n) is 3.23. The van der Waals surface area contributed by atoms with E-state index in [9.17, 15) is 14.0 Å². The molecule has 11 heteroatoms. The molecule has 2 aromatic heterocycles. The van der Waals surface area contributed by atoms with E-state index in [0.717, 1.165) is 12.8 Å². The van der Waals surface area contributed by atoms with Crippen LogP contribution in [0.4, 0.5) is 16.3 Å². The van der Waals surface area contributed by atoms with Crippen LogP contribution in [-0.4, -0.2) is 37.4 Å². The van der Waals surface area contributed by atoms with Crippen LogP contribution in [0.25, 0.3) is 11.7 Å². The Labute approximate surface area is 180 Å². The maximum atomic E-state index is 14.1. The third-order valence-electron chi connectivity index (χ3n) is 4.98. The number of fused-ring (bicyclic) bond motifs is 1. The average molecular weight is 442 g/mol. The molecule has 9 nitrogen and oxygen atoms in total. The molecule has 158 valence electrons. The molecule has 1 aromatic carbocycles. The molecule has 0 spiro atoms. The fraction of sp³-hybridized carbons (Fsp3) is 0.250. The van der Waals surface area contributed by atoms with Crippen molar-refractivity contribution in [2.75, 3.05) is 10.6 Å². The summed E-state index contributed by atoms with van der Waals surface area (Å²) >= 11 is 5.81. The third kappa shape index (κ3) is 4.06. The summed E-state index contributed by atoms with van der Waals surface area (Å²) in [5.74, 6) is -0.429. The van der Waals surface area contributed by atoms with E-state index in [4.69, 9.17) is 11.6 Å². The van der Waals surface area contributed by atoms with Crippen molar-refractivity contribution in [1.29, 1.82) is 0 Å². The second-order valence-electron chi connectivity index (χ2n) is 7.44. The number of imide groups is 1. The number of rotatable bonds is 6. The second kappa shape index (κ2) is 7.62. The predicted octanol–water partition coefficient (Wildman–Crippen LogP) is 2.53. The lowest BCUT2D eigenvalue weighted by atomic mass is 10.1. The van der Waals surface area contributed by atoms with Crippen LogP contribution in [0, 0.1) is 5.82 Å². The summed E-state index contributed by atoms with van der Waals surface area (Å²) in [6.07, 6.45) is 5.23. The lowest BCUT2D eigenvalue weighted by Crippen LogP contribution is -2.19. The smallest absolute Gasteiger partial charge is 0.254 e. The number of halogens is 2. The summed E-state index contributed by atoms with van der Waals surface area (Å²) in [6, 6.07) is 4.76. The lowest BCUT2D eigenvalue weighted by Gasteiger charge is -2.11. The average Bonchev–Trinajstić information content (AvgIpc) is 3.36. The number of nitrogens with one attached hydrogen (secondary N) is 3. The van der Waals surface area contributed by atoms with Gasteiger partial charge in [0.2, 0.25) is 17.8 Å². The van der Waals surface area contributed by atoms with Crippen molar-refractivity contribution in [3.63, 3.8) is 0 Å². The van der Waals surface area contributed by atoms with E-state index in [2.05, 4.69) is 31.0 Å². The molecule has 0 unspecified atom stereocenters. The van der Waals surface area contributed by atoms with Gasteiger partial charge in [0, 0.05) is 34.3 Å². The summed E-state index contributed by atoms with van der Waals surface area (Å²) in [5.41, 5.74) is 1.79. The molecule has 3 aromatic rings. The first-order chi connectivity index (χ1) is 15.0. The van der Waals surface area contributed by atoms with Crippen LogP contribution in [-0.2, 0) is 16.1 Å². The van der Waals surface area contributed by atoms with Crippen molar-refractivity contribution in [3.8, 4) is 0 Å². The number of carbonyl (C=O) groups is 2. The van der Waals surface area contributed by atoms with Crippen LogP contribution in [0.3, 0.4) is 0 Å². The highest BCUT2D eigenvalue weighted by Crippen LogP contribution is 2.26. The Morgan fingerprint density at radius 3 is 2.84 bits per heavy atom. The van der Waals surface area contributed by atoms with Gasteiger partial charge >= 0.3 is 0 Å². The normalized spacial score (nSPS) is 17.4. The SMILES string of the molecule is O=C1C/C(=C\c2cnn3c(NC4CC4)nc(NCc4ccc(Cl)cc4F)nc23)C(=O)N1. The van der Waals surface area contributed by atoms with E-state index in [1.54, 1.807) is 28.9 Å². The van der Waals surface area contributed by atoms with E-state index in [1.165, 1.54) is 6.07 Å². The molecule has 5 rings (SSSR count). The third-order valence-corrected chi connectivity index (χ3v) is 5.22. The Morgan fingerprint density at radius 2 is 2.13 bits per heavy atom. The highest BCUT2D eigenvalue weighted by molar-refractivity contribution is 6.30. The van der Waals surface area contributed by atoms with E-state index >= 15 is 0 Å². The fourth-order valence-corrected chi connectivity index (χ4v) is 3.39. The Balaban J connectivity index is 1.49. The Kier molecular flexibility index (Phi) is 4.78. The van der Waals surface area contributed by atoms with E-state index in [1.807, 2.05) is 0 Å². The number of hydrogen-bond acceptors (Lipinski definition) is 7. The van der Waals surface area contributed by atoms with Crippen LogP contribution >= 0.6 is 11.6 Å². The van der Waals surface area contributed by atoms with E-state index in [0.29, 0.717) is 39.4 Å². The Hall–Kier alpha value is -3.53. The Bertz CT molecular complexity index is 1250. The van der Waals surface area contributed by atoms with E-state index < -0.39 is 11.7 Å². The van der Waals surface area contributed by atoms with Crippen LogP contribution in [0.2, 0.25) is 5.02 Å². The van der Waals surface area contributed by atoms with Gasteiger partial charge in [-0.25, -0.2) is 4.39 Å². The standard InChI is InChI=1S/C20H17ClFN7O2/c21-13-2-1-10(15(22)7-13)8-23-19-27-17-12(5-11-6-16(30)26-18(11)31)9-24-29(17)20(28-19)25-14-3-4-14/h1-2,5,7,9,14H,3-4,6,8H2,(H,26,30,31)(H2,23,25,27,28)/b11-5+. The van der Waals surface area contributed by atoms with Gasteiger partial charge in [-0.05, 0) is 31.1 Å². The maximum Gasteiger partial charge on any atom is 0.254 e. The highest BCUT2D eigenvalue weighted by Gasteiger charge is 2.26. The van der Waals surface area contributed by atoms with Gasteiger partial charge in [0.05, 0.1) is 12.6 Å². The van der Waals surface area contributed by atoms with Gasteiger partial charge in [-0.1, -0.05) is 17.7 Å². The Morgan fingerprint density at radius 1 is 1.29 bits per heavy atom. The van der Waals surface area contributed by atoms with Gasteiger partial charge < -0.3 is 10.6 Å². The summed E-state index contributed by atoms with van der Waals surface area (Å²) in [7, 11) is 0. The topological polar surface area (TPSA) is 113 Å². The molecule has 2 fully saturated rings. The van der Waals surface area contributed by atoms with Crippen molar-refractivity contribution in [1.82, 2.24) is 24.9 Å². The van der Waals surface area contributed by atoms with Crippen molar-refractivity contribution in [3.05, 3.63) is 51.9 Å². The predicted molar refractivity (Wildman–Crippen MR) is 112 cm³/mol. The zero-order valence-electron chi connectivity index (χ0n) is 16.2. The van der Waals surface area contributed by atoms with Crippen LogP contribution in [0.5, 0.6) is 0 Å². The first-order valence-corrected chi connectivity index (χ1v) is 10.1. The van der Waals surface area contributed by atoms with Crippen LogP contribution < -0.4 is 16.0 Å². The number of anilines is 2. The van der Waals surface area contributed by atoms with Gasteiger partial charge in [-0.15, -0.1) is 0 Å². The molecule has 1 saturated carbocycles. The first kappa shape index (κ1) is 19.4. The molecule has 3 heterocycles. The van der Waals surface area contributed by atoms with Gasteiger partial charge in [-0.2, -0.15) is 19.6 Å². The molecule has 31 heavy (non-hydrogen) atoms. The molecule has 1 saturated heterocycles. The molecule has 3 N–H and O–H groups in total. The van der Waals surface area contributed by atoms with Crippen molar-refractivity contribution < 1.29 is 14.0 Å². The number of amides is 2. The highest BCUT2D eigenvalue weighted by atomic mass is 35.5. The summed E-state index contributed by atoms with van der Waals surface area (Å²) in [5, 5.41) is 13.2. The molecule has 0 radical (unpaired) electrons. The maximum absolute atomic E-state index is 14.1. The number of carbonyl (C=O) groups excluding carboxylic acids is 2. The minimum Gasteiger partial charge on any atom is -0.351 e. The van der Waals surface area contributed by atoms with Crippen LogP contribution in [0.15, 0.2) is 30.0 Å². The lowest BCUT2D eigenvalue weighted by molar-refractivity contribution is -0.124. The minimum absolute atomic E-state index is 0.00931. The molecule has 1 aliphatic heterocycles. The van der Waals surface area contributed by atoms with Crippen LogP contribution in [0.1, 0.15) is 30.4 Å². The molecular formula is C20H17ClFN7O2. The minimum atomic E-state index is -0.427. The molecule has 1 aliphatic carbocycles. The summed E-state index contributed by atoms with van der Waals surface area (Å²) in [6.45, 7) is 0.156.